The van der Waals surface area contributed by atoms with E-state index in [4.69, 9.17) is 5.11 Å². The highest BCUT2D eigenvalue weighted by atomic mass is 79.9. The first-order chi connectivity index (χ1) is 15.5. The molecular weight excluding hydrogens is 494 g/mol. The van der Waals surface area contributed by atoms with Crippen molar-refractivity contribution in [1.29, 1.82) is 0 Å². The summed E-state index contributed by atoms with van der Waals surface area (Å²) in [6.45, 7) is 1.34. The molecule has 4 rings (SSSR count). The van der Waals surface area contributed by atoms with Crippen LogP contribution >= 0.6 is 27.3 Å². The molecule has 32 heavy (non-hydrogen) atoms. The zero-order valence-electron chi connectivity index (χ0n) is 16.9. The summed E-state index contributed by atoms with van der Waals surface area (Å²) in [7, 11) is 0. The number of rotatable bonds is 6. The van der Waals surface area contributed by atoms with Gasteiger partial charge in [0.25, 0.3) is 11.8 Å². The van der Waals surface area contributed by atoms with E-state index < -0.39 is 12.6 Å². The fourth-order valence-corrected chi connectivity index (χ4v) is 4.27. The zero-order chi connectivity index (χ0) is 22.7. The molecule has 10 heteroatoms. The van der Waals surface area contributed by atoms with E-state index in [0.29, 0.717) is 22.1 Å². The maximum absolute atomic E-state index is 12.5. The summed E-state index contributed by atoms with van der Waals surface area (Å²) < 4.78 is 2.55. The molecule has 0 saturated carbocycles. The van der Waals surface area contributed by atoms with Gasteiger partial charge in [-0.2, -0.15) is 5.10 Å². The molecule has 0 saturated heterocycles. The van der Waals surface area contributed by atoms with Gasteiger partial charge in [0, 0.05) is 10.0 Å². The molecule has 2 aromatic carbocycles. The van der Waals surface area contributed by atoms with Crippen LogP contribution in [0, 0.1) is 6.92 Å². The van der Waals surface area contributed by atoms with Crippen LogP contribution in [0.3, 0.4) is 0 Å². The van der Waals surface area contributed by atoms with Crippen LogP contribution in [-0.2, 0) is 0 Å². The van der Waals surface area contributed by atoms with Gasteiger partial charge in [0.2, 0.25) is 0 Å². The number of halogens is 1. The largest absolute Gasteiger partial charge is 0.376 e. The molecule has 0 atom stereocenters. The number of aromatic nitrogens is 3. The number of nitrogens with one attached hydrogen (secondary N) is 2. The Hall–Kier alpha value is -3.34. The van der Waals surface area contributed by atoms with Crippen LogP contribution in [0.5, 0.6) is 0 Å². The number of anilines is 1. The second-order valence-electron chi connectivity index (χ2n) is 6.72. The van der Waals surface area contributed by atoms with Crippen molar-refractivity contribution >= 4 is 44.2 Å². The van der Waals surface area contributed by atoms with Crippen LogP contribution < -0.4 is 10.6 Å². The van der Waals surface area contributed by atoms with Gasteiger partial charge in [-0.25, -0.2) is 9.67 Å². The third-order valence-corrected chi connectivity index (χ3v) is 6.16. The molecule has 0 spiro atoms. The molecule has 2 amide bonds. The molecule has 2 aromatic heterocycles. The van der Waals surface area contributed by atoms with E-state index in [1.54, 1.807) is 35.0 Å². The first kappa shape index (κ1) is 21.9. The number of aliphatic hydroxyl groups excluding tert-OH is 1. The van der Waals surface area contributed by atoms with E-state index in [-0.39, 0.29) is 11.6 Å². The van der Waals surface area contributed by atoms with E-state index in [1.807, 2.05) is 37.3 Å². The Morgan fingerprint density at radius 3 is 2.50 bits per heavy atom. The van der Waals surface area contributed by atoms with Crippen molar-refractivity contribution in [2.45, 2.75) is 6.92 Å². The second-order valence-corrected chi connectivity index (χ2v) is 8.64. The number of aliphatic hydroxyl groups is 1. The van der Waals surface area contributed by atoms with Crippen LogP contribution in [0.1, 0.15) is 26.5 Å². The molecule has 0 bridgehead atoms. The summed E-state index contributed by atoms with van der Waals surface area (Å²) >= 11 is 4.71. The number of aryl methyl sites for hydroxylation is 1. The van der Waals surface area contributed by atoms with Crippen molar-refractivity contribution < 1.29 is 14.7 Å². The Morgan fingerprint density at radius 1 is 1.09 bits per heavy atom. The molecule has 0 radical (unpaired) electrons. The fourth-order valence-electron chi connectivity index (χ4n) is 3.04. The third-order valence-electron chi connectivity index (χ3n) is 4.54. The predicted octanol–water partition coefficient (Wildman–Crippen LogP) is 4.00. The lowest BCUT2D eigenvalue weighted by molar-refractivity contribution is 0.0904. The number of thiazole rings is 1. The smallest absolute Gasteiger partial charge is 0.273 e. The Morgan fingerprint density at radius 2 is 1.81 bits per heavy atom. The van der Waals surface area contributed by atoms with Crippen molar-refractivity contribution in [1.82, 2.24) is 20.1 Å². The number of nitrogens with zero attached hydrogens (tertiary/aromatic N) is 3. The van der Waals surface area contributed by atoms with Crippen LogP contribution in [0.2, 0.25) is 0 Å². The molecule has 0 aliphatic heterocycles. The highest BCUT2D eigenvalue weighted by Crippen LogP contribution is 2.35. The zero-order valence-corrected chi connectivity index (χ0v) is 19.3. The highest BCUT2D eigenvalue weighted by Gasteiger charge is 2.21. The maximum Gasteiger partial charge on any atom is 0.273 e. The molecule has 8 nitrogen and oxygen atoms in total. The average Bonchev–Trinajstić information content (AvgIpc) is 3.38. The first-order valence-electron chi connectivity index (χ1n) is 9.55. The summed E-state index contributed by atoms with van der Waals surface area (Å²) in [5.41, 5.74) is 2.76. The number of amides is 2. The summed E-state index contributed by atoms with van der Waals surface area (Å²) in [4.78, 5) is 30.1. The normalized spacial score (nSPS) is 10.7. The summed E-state index contributed by atoms with van der Waals surface area (Å²) in [6.07, 6.45) is 0. The van der Waals surface area contributed by atoms with E-state index in [2.05, 4.69) is 36.6 Å². The molecule has 162 valence electrons. The van der Waals surface area contributed by atoms with Crippen LogP contribution in [0.15, 0.2) is 65.1 Å². The van der Waals surface area contributed by atoms with Gasteiger partial charge in [-0.15, -0.1) is 0 Å². The Kier molecular flexibility index (Phi) is 6.45. The summed E-state index contributed by atoms with van der Waals surface area (Å²) in [6, 6.07) is 18.0. The quantitative estimate of drug-likeness (QED) is 0.339. The molecule has 0 aliphatic rings. The molecule has 0 aliphatic carbocycles. The monoisotopic (exact) mass is 511 g/mol. The van der Waals surface area contributed by atoms with Crippen LogP contribution in [-0.4, -0.2) is 38.4 Å². The first-order valence-corrected chi connectivity index (χ1v) is 11.2. The molecule has 3 N–H and O–H groups in total. The second kappa shape index (κ2) is 9.43. The van der Waals surface area contributed by atoms with Gasteiger partial charge in [-0.05, 0) is 49.4 Å². The number of carbonyl (C=O) groups excluding carboxylic acids is 2. The van der Waals surface area contributed by atoms with Gasteiger partial charge >= 0.3 is 0 Å². The van der Waals surface area contributed by atoms with E-state index >= 15 is 0 Å². The lowest BCUT2D eigenvalue weighted by Gasteiger charge is -2.06. The molecule has 0 fully saturated rings. The fraction of sp³-hybridized carbons (Fsp3) is 0.0909. The Balaban J connectivity index is 1.73. The molecule has 4 aromatic rings. The van der Waals surface area contributed by atoms with Crippen molar-refractivity contribution in [2.24, 2.45) is 0 Å². The average molecular weight is 512 g/mol. The molecule has 2 heterocycles. The Bertz CT molecular complexity index is 1270. The minimum atomic E-state index is -0.496. The number of carbonyl (C=O) groups is 2. The van der Waals surface area contributed by atoms with Gasteiger partial charge in [-0.1, -0.05) is 45.5 Å². The number of hydrogen-bond acceptors (Lipinski definition) is 6. The topological polar surface area (TPSA) is 109 Å². The number of benzene rings is 2. The van der Waals surface area contributed by atoms with Crippen LogP contribution in [0.4, 0.5) is 5.13 Å². The van der Waals surface area contributed by atoms with Gasteiger partial charge in [0.1, 0.15) is 6.73 Å². The third kappa shape index (κ3) is 4.62. The lowest BCUT2D eigenvalue weighted by Crippen LogP contribution is -2.24. The van der Waals surface area contributed by atoms with Gasteiger partial charge in [-0.3, -0.25) is 14.9 Å². The molecular formula is C22H18BrN5O3S. The van der Waals surface area contributed by atoms with E-state index in [1.165, 1.54) is 11.3 Å². The van der Waals surface area contributed by atoms with Crippen molar-refractivity contribution in [3.05, 3.63) is 82.1 Å². The van der Waals surface area contributed by atoms with Crippen molar-refractivity contribution in [2.75, 3.05) is 12.0 Å². The lowest BCUT2D eigenvalue weighted by atomic mass is 10.2. The summed E-state index contributed by atoms with van der Waals surface area (Å²) in [5, 5.41) is 19.1. The summed E-state index contributed by atoms with van der Waals surface area (Å²) in [5.74, 6) is -0.750. The van der Waals surface area contributed by atoms with E-state index in [9.17, 15) is 9.59 Å². The SMILES string of the molecule is Cc1nc(NC(=O)c2ccccc2)sc1-c1cc(C(=O)NCO)nn1-c1ccc(Br)cc1. The predicted molar refractivity (Wildman–Crippen MR) is 126 cm³/mol. The minimum absolute atomic E-state index is 0.152. The van der Waals surface area contributed by atoms with Gasteiger partial charge in [0.05, 0.1) is 22.0 Å². The highest BCUT2D eigenvalue weighted by molar-refractivity contribution is 9.10. The standard InChI is InChI=1S/C22H18BrN5O3S/c1-13-19(32-22(25-13)26-20(30)14-5-3-2-4-6-14)18-11-17(21(31)24-12-29)27-28(18)16-9-7-15(23)8-10-16/h2-11,29H,12H2,1H3,(H,24,31)(H,25,26,30). The van der Waals surface area contributed by atoms with Crippen molar-refractivity contribution in [3.8, 4) is 16.3 Å². The van der Waals surface area contributed by atoms with Crippen molar-refractivity contribution in [3.63, 3.8) is 0 Å². The molecule has 0 unspecified atom stereocenters. The minimum Gasteiger partial charge on any atom is -0.376 e. The van der Waals surface area contributed by atoms with E-state index in [0.717, 1.165) is 15.0 Å². The number of hydrogen-bond donors (Lipinski definition) is 3. The maximum atomic E-state index is 12.5. The Labute approximate surface area is 196 Å². The van der Waals surface area contributed by atoms with Gasteiger partial charge in [0.15, 0.2) is 10.8 Å². The van der Waals surface area contributed by atoms with Gasteiger partial charge < -0.3 is 10.4 Å². The van der Waals surface area contributed by atoms with Crippen LogP contribution in [0.25, 0.3) is 16.3 Å².